The fraction of sp³-hybridized carbons (Fsp3) is 0.444. The molecule has 0 N–H and O–H groups in total. The fourth-order valence-electron chi connectivity index (χ4n) is 3.32. The van der Waals surface area contributed by atoms with Gasteiger partial charge in [0.05, 0.1) is 11.0 Å². The first-order valence-electron chi connectivity index (χ1n) is 8.60. The molecule has 0 unspecified atom stereocenters. The van der Waals surface area contributed by atoms with Crippen LogP contribution >= 0.6 is 27.5 Å². The number of hydrogen-bond donors (Lipinski definition) is 0. The third kappa shape index (κ3) is 4.24. The van der Waals surface area contributed by atoms with Gasteiger partial charge in [-0.05, 0) is 29.8 Å². The molecule has 1 saturated heterocycles. The second kappa shape index (κ2) is 8.29. The van der Waals surface area contributed by atoms with E-state index in [0.717, 1.165) is 4.47 Å². The first kappa shape index (κ1) is 21.5. The highest BCUT2D eigenvalue weighted by atomic mass is 79.9. The van der Waals surface area contributed by atoms with Crippen LogP contribution in [0.3, 0.4) is 0 Å². The molecule has 2 aromatic rings. The summed E-state index contributed by atoms with van der Waals surface area (Å²) in [6, 6.07) is 5.26. The third-order valence-corrected chi connectivity index (χ3v) is 5.05. The van der Waals surface area contributed by atoms with Gasteiger partial charge in [0, 0.05) is 25.2 Å². The van der Waals surface area contributed by atoms with Gasteiger partial charge in [-0.2, -0.15) is 0 Å². The van der Waals surface area contributed by atoms with E-state index in [-0.39, 0.29) is 18.5 Å². The maximum atomic E-state index is 12.0. The molecule has 11 heteroatoms. The lowest BCUT2D eigenvalue weighted by molar-refractivity contribution is -0.196. The summed E-state index contributed by atoms with van der Waals surface area (Å²) in [5.41, 5.74) is -0.580. The van der Waals surface area contributed by atoms with Crippen LogP contribution in [-0.4, -0.2) is 52.9 Å². The van der Waals surface area contributed by atoms with E-state index in [2.05, 4.69) is 20.9 Å². The number of carbonyl (C=O) groups excluding carboxylic acids is 3. The van der Waals surface area contributed by atoms with E-state index in [1.165, 1.54) is 25.3 Å². The largest absolute Gasteiger partial charge is 0.463 e. The van der Waals surface area contributed by atoms with Crippen molar-refractivity contribution in [2.24, 2.45) is 0 Å². The molecular weight excluding hydrogens is 472 g/mol. The molecule has 156 valence electrons. The van der Waals surface area contributed by atoms with Gasteiger partial charge in [-0.3, -0.25) is 19.0 Å². The van der Waals surface area contributed by atoms with E-state index in [9.17, 15) is 14.4 Å². The number of carbonyl (C=O) groups is 3. The maximum absolute atomic E-state index is 12.0. The van der Waals surface area contributed by atoms with Crippen LogP contribution in [0.4, 0.5) is 0 Å². The van der Waals surface area contributed by atoms with E-state index >= 15 is 0 Å². The highest BCUT2D eigenvalue weighted by Crippen LogP contribution is 2.41. The summed E-state index contributed by atoms with van der Waals surface area (Å²) in [6.45, 7) is 3.27. The maximum Gasteiger partial charge on any atom is 0.304 e. The highest BCUT2D eigenvalue weighted by Gasteiger charge is 2.58. The van der Waals surface area contributed by atoms with Crippen molar-refractivity contribution in [1.29, 1.82) is 0 Å². The van der Waals surface area contributed by atoms with Crippen molar-refractivity contribution in [1.82, 2.24) is 9.55 Å². The van der Waals surface area contributed by atoms with Crippen LogP contribution in [-0.2, 0) is 39.1 Å². The molecule has 3 rings (SSSR count). The van der Waals surface area contributed by atoms with Crippen LogP contribution < -0.4 is 0 Å². The number of ether oxygens (including phenoxy) is 4. The smallest absolute Gasteiger partial charge is 0.304 e. The molecule has 9 nitrogen and oxygen atoms in total. The molecule has 0 radical (unpaired) electrons. The lowest BCUT2D eigenvalue weighted by Crippen LogP contribution is -2.52. The Morgan fingerprint density at radius 2 is 2.00 bits per heavy atom. The lowest BCUT2D eigenvalue weighted by atomic mass is 10.0. The Morgan fingerprint density at radius 1 is 1.28 bits per heavy atom. The van der Waals surface area contributed by atoms with Gasteiger partial charge < -0.3 is 18.9 Å². The second-order valence-corrected chi connectivity index (χ2v) is 7.72. The number of rotatable bonds is 5. The van der Waals surface area contributed by atoms with Gasteiger partial charge in [0.15, 0.2) is 6.10 Å². The fourth-order valence-corrected chi connectivity index (χ4v) is 4.00. The zero-order chi connectivity index (χ0) is 21.3. The van der Waals surface area contributed by atoms with Crippen molar-refractivity contribution >= 4 is 56.5 Å². The second-order valence-electron chi connectivity index (χ2n) is 6.47. The van der Waals surface area contributed by atoms with E-state index in [0.29, 0.717) is 11.0 Å². The molecule has 0 bridgehead atoms. The Labute approximate surface area is 179 Å². The Bertz CT molecular complexity index is 979. The third-order valence-electron chi connectivity index (χ3n) is 4.30. The van der Waals surface area contributed by atoms with Gasteiger partial charge in [-0.25, -0.2) is 4.98 Å². The minimum absolute atomic E-state index is 0.00763. The number of hydrogen-bond acceptors (Lipinski definition) is 8. The number of fused-ring (bicyclic) bond motifs is 1. The number of esters is 3. The number of imidazole rings is 1. The summed E-state index contributed by atoms with van der Waals surface area (Å²) in [6.07, 6.45) is -2.03. The van der Waals surface area contributed by atoms with Crippen molar-refractivity contribution in [3.8, 4) is 0 Å². The summed E-state index contributed by atoms with van der Waals surface area (Å²) in [5.74, 6) is -1.81. The molecule has 0 saturated carbocycles. The normalized spacial score (nSPS) is 23.8. The summed E-state index contributed by atoms with van der Waals surface area (Å²) < 4.78 is 24.1. The van der Waals surface area contributed by atoms with Gasteiger partial charge in [-0.1, -0.05) is 15.9 Å². The van der Waals surface area contributed by atoms with Crippen molar-refractivity contribution in [2.45, 2.75) is 38.7 Å². The monoisotopic (exact) mass is 488 g/mol. The quantitative estimate of drug-likeness (QED) is 0.466. The first-order chi connectivity index (χ1) is 13.6. The standard InChI is InChI=1S/C18H18BrClN2O7/c1-9(23)26-7-15-16(28-10(2)24)18(8-27-15,29-11(3)25)22-14-6-12(19)4-5-13(14)21-17(22)20/h4-6,15-16H,7-8H2,1-3H3/t15-,16-,18-/m1/s1. The molecule has 3 atom stereocenters. The van der Waals surface area contributed by atoms with Crippen LogP contribution in [0.25, 0.3) is 11.0 Å². The van der Waals surface area contributed by atoms with E-state index in [1.807, 2.05) is 0 Å². The molecule has 29 heavy (non-hydrogen) atoms. The SMILES string of the molecule is CC(=O)OC[C@H]1OC[C@](OC(C)=O)(n2c(Cl)nc3ccc(Br)cc32)[C@@H]1OC(C)=O. The minimum atomic E-state index is -1.64. The summed E-state index contributed by atoms with van der Waals surface area (Å²) in [7, 11) is 0. The van der Waals surface area contributed by atoms with E-state index in [4.69, 9.17) is 30.5 Å². The molecule has 0 aliphatic carbocycles. The number of halogens is 2. The Morgan fingerprint density at radius 3 is 2.62 bits per heavy atom. The molecule has 0 amide bonds. The molecular formula is C18H18BrClN2O7. The van der Waals surface area contributed by atoms with Crippen molar-refractivity contribution in [3.63, 3.8) is 0 Å². The summed E-state index contributed by atoms with van der Waals surface area (Å²) in [4.78, 5) is 39.4. The molecule has 1 fully saturated rings. The van der Waals surface area contributed by atoms with Crippen molar-refractivity contribution in [2.75, 3.05) is 13.2 Å². The van der Waals surface area contributed by atoms with Gasteiger partial charge in [0.2, 0.25) is 5.28 Å². The van der Waals surface area contributed by atoms with Crippen molar-refractivity contribution in [3.05, 3.63) is 28.0 Å². The van der Waals surface area contributed by atoms with Crippen LogP contribution in [0.5, 0.6) is 0 Å². The highest BCUT2D eigenvalue weighted by molar-refractivity contribution is 9.10. The van der Waals surface area contributed by atoms with E-state index < -0.39 is 35.8 Å². The molecule has 1 aromatic heterocycles. The Balaban J connectivity index is 2.18. The van der Waals surface area contributed by atoms with Gasteiger partial charge in [-0.15, -0.1) is 0 Å². The average Bonchev–Trinajstić information content (AvgIpc) is 3.10. The number of nitrogens with zero attached hydrogens (tertiary/aromatic N) is 2. The van der Waals surface area contributed by atoms with Crippen LogP contribution in [0.15, 0.2) is 22.7 Å². The topological polar surface area (TPSA) is 106 Å². The summed E-state index contributed by atoms with van der Waals surface area (Å²) >= 11 is 9.81. The van der Waals surface area contributed by atoms with Gasteiger partial charge in [0.25, 0.3) is 5.72 Å². The predicted molar refractivity (Wildman–Crippen MR) is 104 cm³/mol. The molecule has 1 aliphatic rings. The zero-order valence-corrected chi connectivity index (χ0v) is 18.2. The summed E-state index contributed by atoms with van der Waals surface area (Å²) in [5, 5.41) is 0.00763. The van der Waals surface area contributed by atoms with Crippen LogP contribution in [0.1, 0.15) is 20.8 Å². The molecule has 0 spiro atoms. The number of aromatic nitrogens is 2. The predicted octanol–water partition coefficient (Wildman–Crippen LogP) is 2.56. The first-order valence-corrected chi connectivity index (χ1v) is 9.77. The van der Waals surface area contributed by atoms with Crippen molar-refractivity contribution < 1.29 is 33.3 Å². The van der Waals surface area contributed by atoms with Crippen LogP contribution in [0.2, 0.25) is 5.28 Å². The zero-order valence-electron chi connectivity index (χ0n) is 15.8. The Kier molecular flexibility index (Phi) is 6.16. The van der Waals surface area contributed by atoms with E-state index in [1.54, 1.807) is 18.2 Å². The van der Waals surface area contributed by atoms with Gasteiger partial charge in [0.1, 0.15) is 19.3 Å². The number of benzene rings is 1. The minimum Gasteiger partial charge on any atom is -0.463 e. The average molecular weight is 490 g/mol. The van der Waals surface area contributed by atoms with Gasteiger partial charge >= 0.3 is 17.9 Å². The molecule has 2 heterocycles. The van der Waals surface area contributed by atoms with Crippen LogP contribution in [0, 0.1) is 0 Å². The Hall–Kier alpha value is -2.17. The molecule has 1 aliphatic heterocycles. The molecule has 1 aromatic carbocycles. The lowest BCUT2D eigenvalue weighted by Gasteiger charge is -2.35.